The molecule has 4 atom stereocenters. The molecule has 1 saturated carbocycles. The van der Waals surface area contributed by atoms with Crippen LogP contribution in [0, 0.1) is 11.3 Å². The van der Waals surface area contributed by atoms with Gasteiger partial charge in [-0.1, -0.05) is 44.2 Å². The van der Waals surface area contributed by atoms with Crippen molar-refractivity contribution in [2.24, 2.45) is 11.3 Å². The summed E-state index contributed by atoms with van der Waals surface area (Å²) >= 11 is 0. The molecule has 1 aliphatic carbocycles. The molecule has 0 radical (unpaired) electrons. The number of nitrogens with one attached hydrogen (secondary N) is 2. The number of carbonyl (C=O) groups is 2. The average molecular weight is 467 g/mol. The first kappa shape index (κ1) is 24.2. The van der Waals surface area contributed by atoms with Crippen molar-refractivity contribution in [2.75, 3.05) is 19.8 Å². The van der Waals surface area contributed by atoms with E-state index in [0.717, 1.165) is 30.8 Å². The van der Waals surface area contributed by atoms with Crippen LogP contribution in [0.15, 0.2) is 54.6 Å². The standard InChI is InChI=1S/C27H34N2O5/c1-18(19-11-13-20(14-12-19)24(30)31)29-25(32)27(22-10-7-16-34-23(22)26(27,2)3)28-15-17-33-21-8-5-4-6-9-21/h4-6,8-9,11-14,18,22-23,28H,7,10,15-17H2,1-3H3,(H,29,32)(H,30,31)/t18-,22?,23?,27?/m0/s1. The highest BCUT2D eigenvalue weighted by Crippen LogP contribution is 2.58. The third-order valence-corrected chi connectivity index (χ3v) is 7.49. The number of hydrogen-bond donors (Lipinski definition) is 3. The SMILES string of the molecule is C[C@H](NC(=O)C1(NCCOc2ccccc2)C2CCCOC2C1(C)C)c1ccc(C(=O)O)cc1. The van der Waals surface area contributed by atoms with Gasteiger partial charge in [0.05, 0.1) is 17.7 Å². The van der Waals surface area contributed by atoms with Crippen LogP contribution in [0.5, 0.6) is 5.75 Å². The van der Waals surface area contributed by atoms with Gasteiger partial charge in [0.25, 0.3) is 0 Å². The van der Waals surface area contributed by atoms with Crippen LogP contribution in [0.25, 0.3) is 0 Å². The summed E-state index contributed by atoms with van der Waals surface area (Å²) in [6.45, 7) is 7.80. The van der Waals surface area contributed by atoms with Gasteiger partial charge < -0.3 is 19.9 Å². The van der Waals surface area contributed by atoms with E-state index in [1.54, 1.807) is 24.3 Å². The Balaban J connectivity index is 1.49. The Labute approximate surface area is 200 Å². The summed E-state index contributed by atoms with van der Waals surface area (Å²) in [4.78, 5) is 25.0. The van der Waals surface area contributed by atoms with Crippen LogP contribution >= 0.6 is 0 Å². The molecule has 0 spiro atoms. The zero-order chi connectivity index (χ0) is 24.3. The molecule has 3 N–H and O–H groups in total. The third-order valence-electron chi connectivity index (χ3n) is 7.49. The minimum atomic E-state index is -0.969. The summed E-state index contributed by atoms with van der Waals surface area (Å²) in [5.41, 5.74) is -0.106. The summed E-state index contributed by atoms with van der Waals surface area (Å²) in [6, 6.07) is 16.0. The molecule has 34 heavy (non-hydrogen) atoms. The van der Waals surface area contributed by atoms with Crippen LogP contribution < -0.4 is 15.4 Å². The average Bonchev–Trinajstić information content (AvgIpc) is 2.84. The van der Waals surface area contributed by atoms with Gasteiger partial charge in [0.15, 0.2) is 0 Å². The van der Waals surface area contributed by atoms with Gasteiger partial charge in [0.2, 0.25) is 5.91 Å². The van der Waals surface area contributed by atoms with E-state index in [0.29, 0.717) is 13.2 Å². The first-order valence-electron chi connectivity index (χ1n) is 12.0. The maximum absolute atomic E-state index is 13.9. The van der Waals surface area contributed by atoms with Gasteiger partial charge in [0.1, 0.15) is 17.9 Å². The summed E-state index contributed by atoms with van der Waals surface area (Å²) in [6.07, 6.45) is 1.89. The molecule has 2 aromatic carbocycles. The number of carboxylic acid groups (broad SMARTS) is 1. The van der Waals surface area contributed by atoms with Crippen molar-refractivity contribution in [3.05, 3.63) is 65.7 Å². The minimum Gasteiger partial charge on any atom is -0.492 e. The minimum absolute atomic E-state index is 0.0275. The number of hydrogen-bond acceptors (Lipinski definition) is 5. The van der Waals surface area contributed by atoms with Crippen LogP contribution in [-0.4, -0.2) is 48.4 Å². The fourth-order valence-electron chi connectivity index (χ4n) is 5.68. The number of aromatic carboxylic acids is 1. The first-order chi connectivity index (χ1) is 16.3. The second-order valence-corrected chi connectivity index (χ2v) is 9.78. The van der Waals surface area contributed by atoms with Gasteiger partial charge in [-0.05, 0) is 49.6 Å². The first-order valence-corrected chi connectivity index (χ1v) is 12.0. The van der Waals surface area contributed by atoms with Crippen molar-refractivity contribution in [3.8, 4) is 5.75 Å². The zero-order valence-corrected chi connectivity index (χ0v) is 20.0. The van der Waals surface area contributed by atoms with Crippen LogP contribution in [-0.2, 0) is 9.53 Å². The Morgan fingerprint density at radius 2 is 1.85 bits per heavy atom. The van der Waals surface area contributed by atoms with Crippen molar-refractivity contribution in [2.45, 2.75) is 51.3 Å². The third kappa shape index (κ3) is 4.30. The highest BCUT2D eigenvalue weighted by molar-refractivity contribution is 5.90. The Morgan fingerprint density at radius 3 is 2.53 bits per heavy atom. The molecule has 1 amide bonds. The Hall–Kier alpha value is -2.90. The number of ether oxygens (including phenoxy) is 2. The maximum Gasteiger partial charge on any atom is 0.335 e. The van der Waals surface area contributed by atoms with Gasteiger partial charge in [-0.25, -0.2) is 4.79 Å². The molecule has 7 nitrogen and oxygen atoms in total. The molecular formula is C27H34N2O5. The lowest BCUT2D eigenvalue weighted by Gasteiger charge is -2.67. The van der Waals surface area contributed by atoms with E-state index >= 15 is 0 Å². The van der Waals surface area contributed by atoms with E-state index in [1.165, 1.54) is 0 Å². The number of carbonyl (C=O) groups excluding carboxylic acids is 1. The highest BCUT2D eigenvalue weighted by atomic mass is 16.5. The molecule has 0 bridgehead atoms. The summed E-state index contributed by atoms with van der Waals surface area (Å²) in [7, 11) is 0. The molecule has 3 unspecified atom stereocenters. The Bertz CT molecular complexity index is 1010. The van der Waals surface area contributed by atoms with Crippen molar-refractivity contribution in [1.82, 2.24) is 10.6 Å². The molecular weight excluding hydrogens is 432 g/mol. The fourth-order valence-corrected chi connectivity index (χ4v) is 5.68. The fraction of sp³-hybridized carbons (Fsp3) is 0.481. The van der Waals surface area contributed by atoms with Crippen LogP contribution in [0.3, 0.4) is 0 Å². The van der Waals surface area contributed by atoms with Gasteiger partial charge in [0, 0.05) is 24.5 Å². The second kappa shape index (κ2) is 9.76. The van der Waals surface area contributed by atoms with Crippen LogP contribution in [0.4, 0.5) is 0 Å². The summed E-state index contributed by atoms with van der Waals surface area (Å²) in [5, 5.41) is 15.9. The smallest absolute Gasteiger partial charge is 0.335 e. The number of rotatable bonds is 9. The van der Waals surface area contributed by atoms with Crippen molar-refractivity contribution in [1.29, 1.82) is 0 Å². The topological polar surface area (TPSA) is 96.9 Å². The molecule has 2 fully saturated rings. The second-order valence-electron chi connectivity index (χ2n) is 9.78. The van der Waals surface area contributed by atoms with Gasteiger partial charge >= 0.3 is 5.97 Å². The molecule has 7 heteroatoms. The molecule has 1 aliphatic heterocycles. The number of para-hydroxylation sites is 1. The van der Waals surface area contributed by atoms with E-state index in [2.05, 4.69) is 24.5 Å². The van der Waals surface area contributed by atoms with Gasteiger partial charge in [-0.15, -0.1) is 0 Å². The van der Waals surface area contributed by atoms with Crippen molar-refractivity contribution < 1.29 is 24.2 Å². The van der Waals surface area contributed by atoms with Crippen LogP contribution in [0.2, 0.25) is 0 Å². The molecule has 0 aromatic heterocycles. The van der Waals surface area contributed by atoms with Crippen LogP contribution in [0.1, 0.15) is 55.6 Å². The van der Waals surface area contributed by atoms with Crippen molar-refractivity contribution in [3.63, 3.8) is 0 Å². The molecule has 4 rings (SSSR count). The predicted molar refractivity (Wildman–Crippen MR) is 129 cm³/mol. The lowest BCUT2D eigenvalue weighted by molar-refractivity contribution is -0.235. The Morgan fingerprint density at radius 1 is 1.15 bits per heavy atom. The number of carboxylic acids is 1. The zero-order valence-electron chi connectivity index (χ0n) is 20.0. The molecule has 1 heterocycles. The molecule has 1 saturated heterocycles. The molecule has 2 aromatic rings. The van der Waals surface area contributed by atoms with E-state index in [9.17, 15) is 9.59 Å². The molecule has 182 valence electrons. The highest BCUT2D eigenvalue weighted by Gasteiger charge is 2.71. The van der Waals surface area contributed by atoms with Gasteiger partial charge in [-0.3, -0.25) is 10.1 Å². The number of fused-ring (bicyclic) bond motifs is 1. The van der Waals surface area contributed by atoms with Crippen molar-refractivity contribution >= 4 is 11.9 Å². The lowest BCUT2D eigenvalue weighted by Crippen LogP contribution is -2.83. The quantitative estimate of drug-likeness (QED) is 0.487. The monoisotopic (exact) mass is 466 g/mol. The summed E-state index contributed by atoms with van der Waals surface area (Å²) < 4.78 is 12.0. The normalized spacial score (nSPS) is 26.0. The Kier molecular flexibility index (Phi) is 6.96. The van der Waals surface area contributed by atoms with E-state index in [-0.39, 0.29) is 29.5 Å². The molecule has 2 aliphatic rings. The predicted octanol–water partition coefficient (Wildman–Crippen LogP) is 3.80. The number of benzene rings is 2. The summed E-state index contributed by atoms with van der Waals surface area (Å²) in [5.74, 6) is -0.148. The largest absolute Gasteiger partial charge is 0.492 e. The lowest BCUT2D eigenvalue weighted by atomic mass is 9.45. The van der Waals surface area contributed by atoms with E-state index < -0.39 is 16.9 Å². The van der Waals surface area contributed by atoms with Gasteiger partial charge in [-0.2, -0.15) is 0 Å². The maximum atomic E-state index is 13.9. The van der Waals surface area contributed by atoms with E-state index in [1.807, 2.05) is 37.3 Å². The van der Waals surface area contributed by atoms with E-state index in [4.69, 9.17) is 14.6 Å². The number of amides is 1.